The Balaban J connectivity index is 1.67. The van der Waals surface area contributed by atoms with Gasteiger partial charge in [-0.2, -0.15) is 5.10 Å². The molecule has 1 unspecified atom stereocenters. The summed E-state index contributed by atoms with van der Waals surface area (Å²) < 4.78 is 6.38. The Morgan fingerprint density at radius 1 is 1.23 bits per heavy atom. The van der Waals surface area contributed by atoms with E-state index in [0.29, 0.717) is 23.0 Å². The number of carbonyl (C=O) groups is 2. The molecule has 0 aliphatic carbocycles. The van der Waals surface area contributed by atoms with Crippen LogP contribution >= 0.6 is 0 Å². The highest BCUT2D eigenvalue weighted by Crippen LogP contribution is 2.17. The molecule has 138 valence electrons. The molecular weight excluding hydrogens is 334 g/mol. The van der Waals surface area contributed by atoms with E-state index in [-0.39, 0.29) is 30.5 Å². The Morgan fingerprint density at radius 2 is 1.96 bits per heavy atom. The van der Waals surface area contributed by atoms with E-state index in [2.05, 4.69) is 5.10 Å². The van der Waals surface area contributed by atoms with Gasteiger partial charge in [0.05, 0.1) is 17.5 Å². The first-order chi connectivity index (χ1) is 12.5. The number of esters is 1. The summed E-state index contributed by atoms with van der Waals surface area (Å²) in [6, 6.07) is 7.20. The molecule has 2 heterocycles. The van der Waals surface area contributed by atoms with E-state index >= 15 is 0 Å². The molecule has 0 spiro atoms. The predicted octanol–water partition coefficient (Wildman–Crippen LogP) is 1.42. The molecule has 0 radical (unpaired) electrons. The fourth-order valence-electron chi connectivity index (χ4n) is 3.39. The van der Waals surface area contributed by atoms with Crippen molar-refractivity contribution in [3.63, 3.8) is 0 Å². The number of nitrogens with zero attached hydrogens (tertiary/aromatic N) is 3. The van der Waals surface area contributed by atoms with Crippen molar-refractivity contribution in [2.75, 3.05) is 13.2 Å². The average Bonchev–Trinajstić information content (AvgIpc) is 2.64. The Morgan fingerprint density at radius 3 is 2.69 bits per heavy atom. The molecule has 1 amide bonds. The molecule has 3 rings (SSSR count). The Labute approximate surface area is 151 Å². The quantitative estimate of drug-likeness (QED) is 0.773. The maximum atomic E-state index is 12.3. The summed E-state index contributed by atoms with van der Waals surface area (Å²) in [5.41, 5.74) is 0.249. The van der Waals surface area contributed by atoms with E-state index in [1.807, 2.05) is 6.92 Å². The van der Waals surface area contributed by atoms with E-state index in [9.17, 15) is 14.4 Å². The van der Waals surface area contributed by atoms with Crippen LogP contribution < -0.4 is 5.56 Å². The van der Waals surface area contributed by atoms with Crippen LogP contribution in [0, 0.1) is 0 Å². The summed E-state index contributed by atoms with van der Waals surface area (Å²) in [5.74, 6) is -0.692. The Kier molecular flexibility index (Phi) is 5.35. The first-order valence-electron chi connectivity index (χ1n) is 8.87. The molecule has 1 aliphatic heterocycles. The minimum atomic E-state index is -0.528. The molecule has 2 aromatic rings. The van der Waals surface area contributed by atoms with Gasteiger partial charge in [-0.1, -0.05) is 18.2 Å². The van der Waals surface area contributed by atoms with Gasteiger partial charge in [0.1, 0.15) is 0 Å². The number of fused-ring (bicyclic) bond motifs is 1. The van der Waals surface area contributed by atoms with Crippen LogP contribution in [0.2, 0.25) is 0 Å². The number of aromatic nitrogens is 2. The number of carbonyl (C=O) groups excluding carboxylic acids is 2. The van der Waals surface area contributed by atoms with Crippen LogP contribution in [0.5, 0.6) is 0 Å². The highest BCUT2D eigenvalue weighted by molar-refractivity contribution is 5.87. The molecule has 7 nitrogen and oxygen atoms in total. The molecule has 1 aromatic carbocycles. The second-order valence-electron chi connectivity index (χ2n) is 6.69. The summed E-state index contributed by atoms with van der Waals surface area (Å²) in [5, 5.41) is 5.31. The van der Waals surface area contributed by atoms with E-state index < -0.39 is 5.97 Å². The highest BCUT2D eigenvalue weighted by atomic mass is 16.5. The number of ether oxygens (including phenoxy) is 1. The molecule has 26 heavy (non-hydrogen) atoms. The average molecular weight is 357 g/mol. The number of likely N-dealkylation sites (tertiary alicyclic amines) is 1. The lowest BCUT2D eigenvalue weighted by molar-refractivity contribution is -0.153. The second-order valence-corrected chi connectivity index (χ2v) is 6.69. The number of piperidine rings is 1. The van der Waals surface area contributed by atoms with Gasteiger partial charge in [0.2, 0.25) is 0 Å². The van der Waals surface area contributed by atoms with Gasteiger partial charge in [-0.25, -0.2) is 4.68 Å². The van der Waals surface area contributed by atoms with Gasteiger partial charge >= 0.3 is 5.97 Å². The molecule has 0 saturated carbocycles. The first kappa shape index (κ1) is 18.1. The van der Waals surface area contributed by atoms with Gasteiger partial charge in [-0.15, -0.1) is 0 Å². The molecule has 1 aliphatic rings. The summed E-state index contributed by atoms with van der Waals surface area (Å²) in [6.45, 7) is 2.47. The lowest BCUT2D eigenvalue weighted by Gasteiger charge is -2.33. The third kappa shape index (κ3) is 3.76. The SMILES string of the molecule is CC1CCCCN1C(=O)COC(=O)Cc1nn(C)c(=O)c2ccccc12. The molecule has 7 heteroatoms. The molecule has 1 fully saturated rings. The summed E-state index contributed by atoms with van der Waals surface area (Å²) in [4.78, 5) is 38.4. The normalized spacial score (nSPS) is 17.3. The van der Waals surface area contributed by atoms with Crippen LogP contribution in [-0.2, 0) is 27.8 Å². The smallest absolute Gasteiger partial charge is 0.312 e. The molecule has 1 saturated heterocycles. The lowest BCUT2D eigenvalue weighted by atomic mass is 10.0. The maximum Gasteiger partial charge on any atom is 0.312 e. The van der Waals surface area contributed by atoms with Crippen LogP contribution in [0.25, 0.3) is 10.8 Å². The zero-order valence-corrected chi connectivity index (χ0v) is 15.1. The monoisotopic (exact) mass is 357 g/mol. The highest BCUT2D eigenvalue weighted by Gasteiger charge is 2.24. The number of hydrogen-bond donors (Lipinski definition) is 0. The zero-order chi connectivity index (χ0) is 18.7. The van der Waals surface area contributed by atoms with Crippen molar-refractivity contribution < 1.29 is 14.3 Å². The van der Waals surface area contributed by atoms with Gasteiger partial charge in [0.25, 0.3) is 11.5 Å². The summed E-state index contributed by atoms with van der Waals surface area (Å²) >= 11 is 0. The number of aryl methyl sites for hydroxylation is 1. The largest absolute Gasteiger partial charge is 0.455 e. The first-order valence-corrected chi connectivity index (χ1v) is 8.87. The van der Waals surface area contributed by atoms with Crippen LogP contribution in [0.4, 0.5) is 0 Å². The van der Waals surface area contributed by atoms with Crippen molar-refractivity contribution in [2.45, 2.75) is 38.6 Å². The molecular formula is C19H23N3O4. The second kappa shape index (κ2) is 7.68. The third-order valence-electron chi connectivity index (χ3n) is 4.82. The van der Waals surface area contributed by atoms with Crippen molar-refractivity contribution >= 4 is 22.6 Å². The van der Waals surface area contributed by atoms with Crippen LogP contribution in [0.15, 0.2) is 29.1 Å². The fraction of sp³-hybridized carbons (Fsp3) is 0.474. The zero-order valence-electron chi connectivity index (χ0n) is 15.1. The van der Waals surface area contributed by atoms with Crippen molar-refractivity contribution in [1.82, 2.24) is 14.7 Å². The Bertz CT molecular complexity index is 890. The number of benzene rings is 1. The van der Waals surface area contributed by atoms with Gasteiger partial charge in [-0.05, 0) is 32.3 Å². The van der Waals surface area contributed by atoms with Crippen LogP contribution in [0.3, 0.4) is 0 Å². The minimum Gasteiger partial charge on any atom is -0.455 e. The van der Waals surface area contributed by atoms with Crippen molar-refractivity contribution in [3.8, 4) is 0 Å². The summed E-state index contributed by atoms with van der Waals surface area (Å²) in [7, 11) is 1.55. The standard InChI is InChI=1S/C19H23N3O4/c1-13-7-5-6-10-22(13)17(23)12-26-18(24)11-16-14-8-3-4-9-15(14)19(25)21(2)20-16/h3-4,8-9,13H,5-7,10-12H2,1-2H3. The molecule has 1 aromatic heterocycles. The van der Waals surface area contributed by atoms with E-state index in [1.165, 1.54) is 4.68 Å². The van der Waals surface area contributed by atoms with E-state index in [0.717, 1.165) is 19.3 Å². The van der Waals surface area contributed by atoms with Crippen LogP contribution in [-0.4, -0.2) is 45.8 Å². The third-order valence-corrected chi connectivity index (χ3v) is 4.82. The van der Waals surface area contributed by atoms with Crippen LogP contribution in [0.1, 0.15) is 31.9 Å². The number of amides is 1. The minimum absolute atomic E-state index is 0.0858. The van der Waals surface area contributed by atoms with Gasteiger partial charge in [0, 0.05) is 25.0 Å². The number of rotatable bonds is 4. The maximum absolute atomic E-state index is 12.3. The van der Waals surface area contributed by atoms with Gasteiger partial charge in [0.15, 0.2) is 6.61 Å². The van der Waals surface area contributed by atoms with Gasteiger partial charge in [-0.3, -0.25) is 14.4 Å². The van der Waals surface area contributed by atoms with E-state index in [1.54, 1.807) is 36.2 Å². The van der Waals surface area contributed by atoms with E-state index in [4.69, 9.17) is 4.74 Å². The van der Waals surface area contributed by atoms with Crippen molar-refractivity contribution in [3.05, 3.63) is 40.3 Å². The lowest BCUT2D eigenvalue weighted by Crippen LogP contribution is -2.44. The van der Waals surface area contributed by atoms with Gasteiger partial charge < -0.3 is 9.64 Å². The molecule has 1 atom stereocenters. The molecule has 0 bridgehead atoms. The van der Waals surface area contributed by atoms with Crippen molar-refractivity contribution in [1.29, 1.82) is 0 Å². The topological polar surface area (TPSA) is 81.5 Å². The summed E-state index contributed by atoms with van der Waals surface area (Å²) in [6.07, 6.45) is 3.00. The fourth-order valence-corrected chi connectivity index (χ4v) is 3.39. The Hall–Kier alpha value is -2.70. The predicted molar refractivity (Wildman–Crippen MR) is 96.7 cm³/mol. The molecule has 0 N–H and O–H groups in total. The number of hydrogen-bond acceptors (Lipinski definition) is 5. The van der Waals surface area contributed by atoms with Crippen molar-refractivity contribution in [2.24, 2.45) is 7.05 Å².